The Morgan fingerprint density at radius 2 is 2.17 bits per heavy atom. The van der Waals surface area contributed by atoms with E-state index in [4.69, 9.17) is 4.84 Å². The lowest BCUT2D eigenvalue weighted by atomic mass is 9.94. The van der Waals surface area contributed by atoms with Crippen LogP contribution in [0.3, 0.4) is 0 Å². The van der Waals surface area contributed by atoms with Crippen molar-refractivity contribution in [2.45, 2.75) is 37.4 Å². The third kappa shape index (κ3) is 2.18. The van der Waals surface area contributed by atoms with Gasteiger partial charge in [-0.15, -0.1) is 0 Å². The van der Waals surface area contributed by atoms with Gasteiger partial charge in [-0.2, -0.15) is 0 Å². The lowest BCUT2D eigenvalue weighted by molar-refractivity contribution is -0.0935. The van der Waals surface area contributed by atoms with Crippen LogP contribution in [0.2, 0.25) is 0 Å². The van der Waals surface area contributed by atoms with Gasteiger partial charge in [-0.1, -0.05) is 12.8 Å². The molecule has 1 aliphatic heterocycles. The number of pyridine rings is 1. The number of rotatable bonds is 2. The number of nitrogens with one attached hydrogen (secondary N) is 1. The Kier molecular flexibility index (Phi) is 3.13. The van der Waals surface area contributed by atoms with Gasteiger partial charge in [0, 0.05) is 10.7 Å². The summed E-state index contributed by atoms with van der Waals surface area (Å²) in [5.74, 6) is 0. The van der Waals surface area contributed by atoms with Crippen molar-refractivity contribution < 1.29 is 9.94 Å². The van der Waals surface area contributed by atoms with Crippen LogP contribution in [-0.2, 0) is 4.84 Å². The highest BCUT2D eigenvalue weighted by molar-refractivity contribution is 9.10. The quantitative estimate of drug-likeness (QED) is 0.880. The molecule has 0 saturated heterocycles. The minimum absolute atomic E-state index is 0.277. The Bertz CT molecular complexity index is 466. The van der Waals surface area contributed by atoms with Crippen LogP contribution in [-0.4, -0.2) is 21.8 Å². The lowest BCUT2D eigenvalue weighted by Crippen LogP contribution is -2.39. The molecule has 0 aromatic carbocycles. The molecule has 18 heavy (non-hydrogen) atoms. The van der Waals surface area contributed by atoms with E-state index in [0.717, 1.165) is 41.5 Å². The molecule has 2 heterocycles. The van der Waals surface area contributed by atoms with E-state index < -0.39 is 5.60 Å². The highest BCUT2D eigenvalue weighted by Crippen LogP contribution is 2.36. The Hall–Kier alpha value is -0.910. The molecule has 4 nitrogen and oxygen atoms in total. The Morgan fingerprint density at radius 3 is 2.83 bits per heavy atom. The smallest absolute Gasteiger partial charge is 0.134 e. The van der Waals surface area contributed by atoms with Crippen LogP contribution < -0.4 is 5.48 Å². The van der Waals surface area contributed by atoms with E-state index in [2.05, 4.69) is 26.4 Å². The summed E-state index contributed by atoms with van der Waals surface area (Å²) < 4.78 is 0.941. The van der Waals surface area contributed by atoms with Crippen molar-refractivity contribution in [3.8, 4) is 0 Å². The third-order valence-corrected chi connectivity index (χ3v) is 4.09. The number of halogens is 1. The summed E-state index contributed by atoms with van der Waals surface area (Å²) in [7, 11) is 0. The highest BCUT2D eigenvalue weighted by Gasteiger charge is 2.42. The summed E-state index contributed by atoms with van der Waals surface area (Å²) >= 11 is 3.35. The number of aliphatic hydroxyl groups is 1. The van der Waals surface area contributed by atoms with Gasteiger partial charge in [0.25, 0.3) is 0 Å². The largest absolute Gasteiger partial charge is 0.387 e. The summed E-state index contributed by atoms with van der Waals surface area (Å²) in [6.45, 7) is 0. The first-order valence-corrected chi connectivity index (χ1v) is 6.94. The second-order valence-electron chi connectivity index (χ2n) is 4.89. The van der Waals surface area contributed by atoms with Crippen molar-refractivity contribution in [1.29, 1.82) is 0 Å². The molecule has 96 valence electrons. The maximum atomic E-state index is 10.5. The first-order valence-electron chi connectivity index (χ1n) is 6.15. The molecule has 1 aromatic rings. The van der Waals surface area contributed by atoms with E-state index in [9.17, 15) is 5.11 Å². The Morgan fingerprint density at radius 1 is 1.39 bits per heavy atom. The third-order valence-electron chi connectivity index (χ3n) is 3.62. The summed E-state index contributed by atoms with van der Waals surface area (Å²) in [6, 6.07) is 3.84. The topological polar surface area (TPSA) is 54.4 Å². The monoisotopic (exact) mass is 310 g/mol. The van der Waals surface area contributed by atoms with Gasteiger partial charge in [0.2, 0.25) is 0 Å². The fourth-order valence-electron chi connectivity index (χ4n) is 2.56. The fourth-order valence-corrected chi connectivity index (χ4v) is 2.79. The van der Waals surface area contributed by atoms with E-state index in [1.165, 1.54) is 0 Å². The molecule has 1 aliphatic carbocycles. The van der Waals surface area contributed by atoms with Gasteiger partial charge in [0.15, 0.2) is 0 Å². The summed E-state index contributed by atoms with van der Waals surface area (Å²) in [5.41, 5.74) is 3.80. The van der Waals surface area contributed by atoms with Crippen LogP contribution in [0.25, 0.3) is 5.70 Å². The molecule has 0 bridgehead atoms. The molecule has 1 saturated carbocycles. The van der Waals surface area contributed by atoms with Crippen LogP contribution in [0, 0.1) is 0 Å². The lowest BCUT2D eigenvalue weighted by Gasteiger charge is -2.26. The fraction of sp³-hybridized carbons (Fsp3) is 0.462. The molecule has 0 spiro atoms. The Labute approximate surface area is 114 Å². The Balaban J connectivity index is 1.81. The molecular weight excluding hydrogens is 296 g/mol. The van der Waals surface area contributed by atoms with E-state index in [-0.39, 0.29) is 6.10 Å². The van der Waals surface area contributed by atoms with Crippen LogP contribution in [0.5, 0.6) is 0 Å². The van der Waals surface area contributed by atoms with Gasteiger partial charge in [-0.3, -0.25) is 15.3 Å². The van der Waals surface area contributed by atoms with Crippen molar-refractivity contribution >= 4 is 21.6 Å². The first kappa shape index (κ1) is 12.1. The van der Waals surface area contributed by atoms with Crippen molar-refractivity contribution in [2.24, 2.45) is 0 Å². The van der Waals surface area contributed by atoms with Gasteiger partial charge >= 0.3 is 0 Å². The van der Waals surface area contributed by atoms with Crippen LogP contribution in [0.1, 0.15) is 31.4 Å². The number of nitrogens with zero attached hydrogens (tertiary/aromatic N) is 1. The maximum Gasteiger partial charge on any atom is 0.134 e. The molecule has 5 heteroatoms. The molecule has 2 aliphatic rings. The standard InChI is InChI=1S/C13H15BrN2O2/c14-9-3-4-10(15-8-9)11-7-12(18-16-11)13(17)5-1-2-6-13/h3-4,7-8,12,16-17H,1-2,5-6H2. The average molecular weight is 311 g/mol. The predicted octanol–water partition coefficient (Wildman–Crippen LogP) is 2.39. The van der Waals surface area contributed by atoms with Gasteiger partial charge in [-0.05, 0) is 47.0 Å². The highest BCUT2D eigenvalue weighted by atomic mass is 79.9. The van der Waals surface area contributed by atoms with Crippen LogP contribution >= 0.6 is 15.9 Å². The normalized spacial score (nSPS) is 25.9. The molecule has 2 N–H and O–H groups in total. The van der Waals surface area contributed by atoms with Crippen molar-refractivity contribution in [3.05, 3.63) is 34.6 Å². The van der Waals surface area contributed by atoms with E-state index >= 15 is 0 Å². The minimum Gasteiger partial charge on any atom is -0.387 e. The summed E-state index contributed by atoms with van der Waals surface area (Å²) in [6.07, 6.45) is 7.14. The number of aromatic nitrogens is 1. The molecule has 3 rings (SSSR count). The van der Waals surface area contributed by atoms with Gasteiger partial charge in [-0.25, -0.2) is 0 Å². The first-order chi connectivity index (χ1) is 8.67. The number of hydrogen-bond acceptors (Lipinski definition) is 4. The maximum absolute atomic E-state index is 10.5. The molecule has 1 aromatic heterocycles. The van der Waals surface area contributed by atoms with Crippen LogP contribution in [0.15, 0.2) is 28.9 Å². The number of hydrogen-bond donors (Lipinski definition) is 2. The molecule has 1 fully saturated rings. The second-order valence-corrected chi connectivity index (χ2v) is 5.81. The van der Waals surface area contributed by atoms with E-state index in [0.29, 0.717) is 0 Å². The zero-order valence-electron chi connectivity index (χ0n) is 9.90. The zero-order valence-corrected chi connectivity index (χ0v) is 11.5. The predicted molar refractivity (Wildman–Crippen MR) is 71.3 cm³/mol. The minimum atomic E-state index is -0.718. The molecule has 0 amide bonds. The average Bonchev–Trinajstić information content (AvgIpc) is 2.99. The molecular formula is C13H15BrN2O2. The zero-order chi connectivity index (χ0) is 12.6. The van der Waals surface area contributed by atoms with Crippen LogP contribution in [0.4, 0.5) is 0 Å². The van der Waals surface area contributed by atoms with E-state index in [1.807, 2.05) is 18.2 Å². The molecule has 1 atom stereocenters. The molecule has 0 radical (unpaired) electrons. The second kappa shape index (κ2) is 4.64. The SMILES string of the molecule is OC1(C2C=C(c3ccc(Br)cn3)NO2)CCCC1. The number of hydroxylamine groups is 1. The summed E-state index contributed by atoms with van der Waals surface area (Å²) in [4.78, 5) is 9.80. The van der Waals surface area contributed by atoms with Gasteiger partial charge in [0.05, 0.1) is 17.0 Å². The summed E-state index contributed by atoms with van der Waals surface area (Å²) in [5, 5.41) is 10.5. The van der Waals surface area contributed by atoms with Gasteiger partial charge in [0.1, 0.15) is 6.10 Å². The van der Waals surface area contributed by atoms with Crippen molar-refractivity contribution in [2.75, 3.05) is 0 Å². The van der Waals surface area contributed by atoms with Gasteiger partial charge < -0.3 is 5.11 Å². The van der Waals surface area contributed by atoms with Crippen molar-refractivity contribution in [3.63, 3.8) is 0 Å². The van der Waals surface area contributed by atoms with Crippen molar-refractivity contribution in [1.82, 2.24) is 10.5 Å². The molecule has 1 unspecified atom stereocenters. The van der Waals surface area contributed by atoms with E-state index in [1.54, 1.807) is 6.20 Å².